The van der Waals surface area contributed by atoms with Crippen LogP contribution in [0.1, 0.15) is 32.1 Å². The van der Waals surface area contributed by atoms with Crippen molar-refractivity contribution in [3.8, 4) is 11.4 Å². The van der Waals surface area contributed by atoms with Gasteiger partial charge in [-0.3, -0.25) is 0 Å². The third-order valence-corrected chi connectivity index (χ3v) is 4.77. The molecule has 1 aliphatic carbocycles. The molecule has 3 rings (SSSR count). The van der Waals surface area contributed by atoms with Gasteiger partial charge in [-0.05, 0) is 53.9 Å². The zero-order chi connectivity index (χ0) is 14.3. The highest BCUT2D eigenvalue weighted by Gasteiger charge is 2.42. The minimum absolute atomic E-state index is 0.0347. The number of nitrogens with zero attached hydrogens (tertiary/aromatic N) is 2. The topological polar surface area (TPSA) is 64.9 Å². The summed E-state index contributed by atoms with van der Waals surface area (Å²) in [7, 11) is 0. The normalized spacial score (nSPS) is 26.1. The van der Waals surface area contributed by atoms with E-state index in [4.69, 9.17) is 10.3 Å². The third-order valence-electron chi connectivity index (χ3n) is 4.12. The molecule has 4 nitrogen and oxygen atoms in total. The van der Waals surface area contributed by atoms with E-state index in [1.54, 1.807) is 6.07 Å². The van der Waals surface area contributed by atoms with Crippen LogP contribution in [0.5, 0.6) is 0 Å². The van der Waals surface area contributed by atoms with Gasteiger partial charge in [-0.1, -0.05) is 11.6 Å². The maximum Gasteiger partial charge on any atom is 0.234 e. The van der Waals surface area contributed by atoms with Gasteiger partial charge in [0.1, 0.15) is 5.82 Å². The summed E-state index contributed by atoms with van der Waals surface area (Å²) in [6.45, 7) is 2.06. The van der Waals surface area contributed by atoms with Crippen molar-refractivity contribution in [1.82, 2.24) is 10.1 Å². The highest BCUT2D eigenvalue weighted by molar-refractivity contribution is 9.10. The fraction of sp³-hybridized carbons (Fsp3) is 0.429. The first-order chi connectivity index (χ1) is 9.50. The predicted octanol–water partition coefficient (Wildman–Crippen LogP) is 3.41. The van der Waals surface area contributed by atoms with Crippen LogP contribution in [0.15, 0.2) is 27.2 Å². The lowest BCUT2D eigenvalue weighted by Gasteiger charge is -2.23. The fourth-order valence-electron chi connectivity index (χ4n) is 2.69. The summed E-state index contributed by atoms with van der Waals surface area (Å²) >= 11 is 3.32. The maximum atomic E-state index is 13.1. The van der Waals surface area contributed by atoms with Crippen LogP contribution in [-0.4, -0.2) is 16.2 Å². The van der Waals surface area contributed by atoms with E-state index >= 15 is 0 Å². The van der Waals surface area contributed by atoms with Gasteiger partial charge < -0.3 is 10.3 Å². The molecule has 106 valence electrons. The Labute approximate surface area is 124 Å². The number of nitrogens with two attached hydrogens (primary N) is 1. The van der Waals surface area contributed by atoms with E-state index in [2.05, 4.69) is 33.0 Å². The Balaban J connectivity index is 1.98. The zero-order valence-electron chi connectivity index (χ0n) is 11.1. The first kappa shape index (κ1) is 13.7. The van der Waals surface area contributed by atoms with Crippen LogP contribution in [-0.2, 0) is 5.41 Å². The quantitative estimate of drug-likeness (QED) is 0.910. The summed E-state index contributed by atoms with van der Waals surface area (Å²) in [5.74, 6) is 0.704. The predicted molar refractivity (Wildman–Crippen MR) is 76.6 cm³/mol. The molecule has 0 bridgehead atoms. The molecule has 1 fully saturated rings. The molecule has 6 heteroatoms. The van der Waals surface area contributed by atoms with Crippen molar-refractivity contribution in [1.29, 1.82) is 0 Å². The Kier molecular flexibility index (Phi) is 3.38. The average Bonchev–Trinajstić information content (AvgIpc) is 2.99. The van der Waals surface area contributed by atoms with E-state index in [9.17, 15) is 4.39 Å². The molecule has 0 aliphatic heterocycles. The lowest BCUT2D eigenvalue weighted by Crippen LogP contribution is -2.38. The summed E-state index contributed by atoms with van der Waals surface area (Å²) in [5, 5.41) is 4.01. The van der Waals surface area contributed by atoms with Gasteiger partial charge in [0.25, 0.3) is 0 Å². The molecule has 2 atom stereocenters. The highest BCUT2D eigenvalue weighted by atomic mass is 79.9. The van der Waals surface area contributed by atoms with Crippen molar-refractivity contribution in [2.75, 3.05) is 0 Å². The summed E-state index contributed by atoms with van der Waals surface area (Å²) in [6, 6.07) is 4.42. The second kappa shape index (κ2) is 4.93. The molecule has 0 radical (unpaired) electrons. The zero-order valence-corrected chi connectivity index (χ0v) is 12.7. The second-order valence-electron chi connectivity index (χ2n) is 5.46. The lowest BCUT2D eigenvalue weighted by molar-refractivity contribution is 0.278. The van der Waals surface area contributed by atoms with Crippen LogP contribution in [0.4, 0.5) is 4.39 Å². The molecule has 2 aromatic rings. The van der Waals surface area contributed by atoms with Crippen molar-refractivity contribution in [3.05, 3.63) is 34.4 Å². The highest BCUT2D eigenvalue weighted by Crippen LogP contribution is 2.39. The standard InChI is InChI=1S/C14H15BrFN3O/c1-14(6-2-3-11(14)17)13-18-12(19-20-13)9-5-4-8(16)7-10(9)15/h4-5,7,11H,2-3,6,17H2,1H3. The van der Waals surface area contributed by atoms with E-state index in [1.165, 1.54) is 12.1 Å². The molecular formula is C14H15BrFN3O. The monoisotopic (exact) mass is 339 g/mol. The number of halogens is 2. The number of hydrogen-bond donors (Lipinski definition) is 1. The van der Waals surface area contributed by atoms with Crippen LogP contribution in [0.2, 0.25) is 0 Å². The maximum absolute atomic E-state index is 13.1. The number of hydrogen-bond acceptors (Lipinski definition) is 4. The second-order valence-corrected chi connectivity index (χ2v) is 6.32. The summed E-state index contributed by atoms with van der Waals surface area (Å²) < 4.78 is 19.1. The van der Waals surface area contributed by atoms with Crippen molar-refractivity contribution >= 4 is 15.9 Å². The van der Waals surface area contributed by atoms with Crippen molar-refractivity contribution in [3.63, 3.8) is 0 Å². The average molecular weight is 340 g/mol. The fourth-order valence-corrected chi connectivity index (χ4v) is 3.22. The Morgan fingerprint density at radius 3 is 2.95 bits per heavy atom. The number of aromatic nitrogens is 2. The van der Waals surface area contributed by atoms with Gasteiger partial charge >= 0.3 is 0 Å². The first-order valence-electron chi connectivity index (χ1n) is 6.56. The molecule has 1 heterocycles. The smallest absolute Gasteiger partial charge is 0.234 e. The van der Waals surface area contributed by atoms with Crippen LogP contribution in [0.3, 0.4) is 0 Å². The summed E-state index contributed by atoms with van der Waals surface area (Å²) in [4.78, 5) is 4.46. The molecular weight excluding hydrogens is 325 g/mol. The van der Waals surface area contributed by atoms with E-state index in [1.807, 2.05) is 0 Å². The van der Waals surface area contributed by atoms with Crippen molar-refractivity contribution < 1.29 is 8.91 Å². The molecule has 0 spiro atoms. The minimum atomic E-state index is -0.311. The van der Waals surface area contributed by atoms with E-state index in [-0.39, 0.29) is 17.3 Å². The van der Waals surface area contributed by atoms with Crippen molar-refractivity contribution in [2.45, 2.75) is 37.6 Å². The Morgan fingerprint density at radius 2 is 2.30 bits per heavy atom. The van der Waals surface area contributed by atoms with Gasteiger partial charge in [-0.25, -0.2) is 4.39 Å². The Morgan fingerprint density at radius 1 is 1.50 bits per heavy atom. The van der Waals surface area contributed by atoms with Gasteiger partial charge in [0, 0.05) is 16.1 Å². The lowest BCUT2D eigenvalue weighted by atomic mass is 9.85. The van der Waals surface area contributed by atoms with E-state index in [0.29, 0.717) is 21.8 Å². The number of rotatable bonds is 2. The van der Waals surface area contributed by atoms with Crippen LogP contribution < -0.4 is 5.73 Å². The van der Waals surface area contributed by atoms with E-state index in [0.717, 1.165) is 19.3 Å². The van der Waals surface area contributed by atoms with Gasteiger partial charge in [0.05, 0.1) is 5.41 Å². The van der Waals surface area contributed by atoms with Crippen molar-refractivity contribution in [2.24, 2.45) is 5.73 Å². The molecule has 20 heavy (non-hydrogen) atoms. The minimum Gasteiger partial charge on any atom is -0.338 e. The summed E-state index contributed by atoms with van der Waals surface area (Å²) in [5.41, 5.74) is 6.60. The van der Waals surface area contributed by atoms with Crippen LogP contribution >= 0.6 is 15.9 Å². The van der Waals surface area contributed by atoms with Gasteiger partial charge in [0.15, 0.2) is 0 Å². The molecule has 1 aliphatic rings. The molecule has 0 amide bonds. The Hall–Kier alpha value is -1.27. The summed E-state index contributed by atoms with van der Waals surface area (Å²) in [6.07, 6.45) is 2.98. The molecule has 1 aromatic carbocycles. The Bertz CT molecular complexity index is 645. The largest absolute Gasteiger partial charge is 0.338 e. The first-order valence-corrected chi connectivity index (χ1v) is 7.35. The van der Waals surface area contributed by atoms with Gasteiger partial charge in [-0.2, -0.15) is 4.98 Å². The molecule has 0 saturated heterocycles. The van der Waals surface area contributed by atoms with Crippen LogP contribution in [0, 0.1) is 5.82 Å². The van der Waals surface area contributed by atoms with E-state index < -0.39 is 0 Å². The third kappa shape index (κ3) is 2.16. The molecule has 2 N–H and O–H groups in total. The molecule has 1 saturated carbocycles. The van der Waals surface area contributed by atoms with Gasteiger partial charge in [0.2, 0.25) is 11.7 Å². The SMILES string of the molecule is CC1(c2nc(-c3ccc(F)cc3Br)no2)CCCC1N. The number of benzene rings is 1. The van der Waals surface area contributed by atoms with Crippen LogP contribution in [0.25, 0.3) is 11.4 Å². The molecule has 1 aromatic heterocycles. The molecule has 2 unspecified atom stereocenters. The van der Waals surface area contributed by atoms with Gasteiger partial charge in [-0.15, -0.1) is 0 Å².